The zero-order valence-electron chi connectivity index (χ0n) is 49.5. The van der Waals surface area contributed by atoms with Crippen molar-refractivity contribution >= 4 is 15.9 Å². The smallest absolute Gasteiger partial charge is 0.0701 e. The number of halogens is 1. The normalized spacial score (nSPS) is 11.6. The first-order chi connectivity index (χ1) is 37.7. The summed E-state index contributed by atoms with van der Waals surface area (Å²) in [5.74, 6) is 1.43. The zero-order chi connectivity index (χ0) is 57.3. The number of alkyl halides is 1. The van der Waals surface area contributed by atoms with E-state index in [4.69, 9.17) is 90.0 Å². The molecule has 0 aromatic rings. The first-order valence-electron chi connectivity index (χ1n) is 28.0. The van der Waals surface area contributed by atoms with Crippen molar-refractivity contribution in [2.45, 2.75) is 62.8 Å². The molecule has 0 unspecified atom stereocenters. The van der Waals surface area contributed by atoms with Crippen LogP contribution in [0.3, 0.4) is 0 Å². The molecule has 1 saturated heterocycles. The summed E-state index contributed by atoms with van der Waals surface area (Å²) in [4.78, 5) is 0. The van der Waals surface area contributed by atoms with E-state index in [0.29, 0.717) is 249 Å². The van der Waals surface area contributed by atoms with Crippen molar-refractivity contribution in [3.8, 4) is 0 Å². The average Bonchev–Trinajstić information content (AvgIpc) is 4.31. The molecule has 1 aliphatic rings. The van der Waals surface area contributed by atoms with Gasteiger partial charge in [0.15, 0.2) is 0 Å². The molecule has 478 valence electrons. The molecule has 23 heteroatoms. The fraction of sp³-hybridized carbons (Fsp3) is 1.00. The molecule has 78 heavy (non-hydrogen) atoms. The van der Waals surface area contributed by atoms with Crippen molar-refractivity contribution in [2.24, 2.45) is 17.8 Å². The van der Waals surface area contributed by atoms with Gasteiger partial charge in [-0.25, -0.2) is 0 Å². The molecule has 0 amide bonds. The predicted octanol–water partition coefficient (Wildman–Crippen LogP) is 4.04. The third-order valence-electron chi connectivity index (χ3n) is 8.20. The van der Waals surface area contributed by atoms with Crippen molar-refractivity contribution in [1.29, 1.82) is 0 Å². The van der Waals surface area contributed by atoms with Crippen LogP contribution in [0.15, 0.2) is 0 Å². The summed E-state index contributed by atoms with van der Waals surface area (Å²) in [6.07, 6.45) is 0. The van der Waals surface area contributed by atoms with Crippen LogP contribution >= 0.6 is 15.9 Å². The van der Waals surface area contributed by atoms with Crippen LogP contribution in [-0.4, -0.2) is 283 Å². The molecule has 0 aliphatic carbocycles. The molecule has 0 aromatic heterocycles. The lowest BCUT2D eigenvalue weighted by molar-refractivity contribution is -0.376. The van der Waals surface area contributed by atoms with E-state index in [2.05, 4.69) is 48.4 Å². The number of hydrogen-bond donors (Lipinski definition) is 0. The maximum absolute atomic E-state index is 10.2. The Bertz CT molecular complexity index is 952. The maximum Gasteiger partial charge on any atom is 0.0701 e. The van der Waals surface area contributed by atoms with Crippen LogP contribution in [0.2, 0.25) is 0 Å². The Labute approximate surface area is 482 Å². The highest BCUT2D eigenvalue weighted by atomic mass is 79.9. The van der Waals surface area contributed by atoms with Crippen LogP contribution in [0.4, 0.5) is 0 Å². The predicted molar refractivity (Wildman–Crippen MR) is 303 cm³/mol. The van der Waals surface area contributed by atoms with Gasteiger partial charge in [-0.1, -0.05) is 77.7 Å². The Kier molecular flexibility index (Phi) is 94.6. The Morgan fingerprint density at radius 3 is 0.551 bits per heavy atom. The largest absolute Gasteiger partial charge is 0.854 e. The number of ether oxygens (including phenoxy) is 20. The summed E-state index contributed by atoms with van der Waals surface area (Å²) in [5, 5.41) is 20.8. The monoisotopic (exact) mass is 1210 g/mol. The van der Waals surface area contributed by atoms with E-state index in [1.807, 2.05) is 27.7 Å². The molecule has 0 N–H and O–H groups in total. The molecule has 0 bridgehead atoms. The zero-order valence-corrected chi connectivity index (χ0v) is 51.1. The molecule has 0 aromatic carbocycles. The Morgan fingerprint density at radius 1 is 0.295 bits per heavy atom. The highest BCUT2D eigenvalue weighted by Gasteiger charge is 1.99. The van der Waals surface area contributed by atoms with Gasteiger partial charge in [0.05, 0.1) is 238 Å². The lowest BCUT2D eigenvalue weighted by Gasteiger charge is -2.09. The van der Waals surface area contributed by atoms with Gasteiger partial charge in [-0.3, -0.25) is 0 Å². The van der Waals surface area contributed by atoms with Gasteiger partial charge in [-0.2, -0.15) is 0 Å². The van der Waals surface area contributed by atoms with Crippen LogP contribution in [0, 0.1) is 17.8 Å². The average molecular weight is 1210 g/mol. The molecule has 0 atom stereocenters. The van der Waals surface area contributed by atoms with Crippen LogP contribution in [-0.2, 0) is 94.7 Å². The van der Waals surface area contributed by atoms with Crippen molar-refractivity contribution in [1.82, 2.24) is 0 Å². The summed E-state index contributed by atoms with van der Waals surface area (Å²) >= 11 is 3.15. The summed E-state index contributed by atoms with van der Waals surface area (Å²) in [6.45, 7) is 39.1. The molecule has 1 aliphatic heterocycles. The molecular weight excluding hydrogens is 1090 g/mol. The molecule has 0 saturated carbocycles. The van der Waals surface area contributed by atoms with Gasteiger partial charge in [0.1, 0.15) is 0 Å². The number of rotatable bonds is 59. The Morgan fingerprint density at radius 2 is 0.436 bits per heavy atom. The number of epoxide rings is 1. The molecule has 0 radical (unpaired) electrons. The van der Waals surface area contributed by atoms with Gasteiger partial charge >= 0.3 is 0 Å². The first kappa shape index (κ1) is 86.4. The van der Waals surface area contributed by atoms with E-state index in [0.717, 1.165) is 31.8 Å². The first-order valence-corrected chi connectivity index (χ1v) is 29.1. The minimum absolute atomic E-state index is 0. The topological polar surface area (TPSA) is 234 Å². The minimum Gasteiger partial charge on any atom is -0.854 e. The van der Waals surface area contributed by atoms with Crippen LogP contribution in [0.1, 0.15) is 62.8 Å². The second kappa shape index (κ2) is 85.4. The molecule has 1 rings (SSSR count). The number of hydrogen-bond acceptors (Lipinski definition) is 22. The van der Waals surface area contributed by atoms with Gasteiger partial charge in [0.2, 0.25) is 0 Å². The van der Waals surface area contributed by atoms with Crippen LogP contribution in [0.5, 0.6) is 0 Å². The second-order valence-electron chi connectivity index (χ2n) is 17.1. The van der Waals surface area contributed by atoms with Gasteiger partial charge in [0.25, 0.3) is 0 Å². The molecular formula is C55H117BrO22-2. The summed E-state index contributed by atoms with van der Waals surface area (Å²) < 4.78 is 107. The van der Waals surface area contributed by atoms with E-state index in [1.165, 1.54) is 0 Å². The van der Waals surface area contributed by atoms with Crippen molar-refractivity contribution in [3.63, 3.8) is 0 Å². The van der Waals surface area contributed by atoms with E-state index < -0.39 is 0 Å². The fourth-order valence-electron chi connectivity index (χ4n) is 4.48. The third-order valence-corrected chi connectivity index (χ3v) is 8.20. The van der Waals surface area contributed by atoms with Crippen LogP contribution < -0.4 is 10.2 Å². The summed E-state index contributed by atoms with van der Waals surface area (Å²) in [7, 11) is 0. The van der Waals surface area contributed by atoms with E-state index in [9.17, 15) is 10.2 Å². The lowest BCUT2D eigenvalue weighted by atomic mass is 10.2. The highest BCUT2D eigenvalue weighted by Crippen LogP contribution is 1.94. The van der Waals surface area contributed by atoms with Crippen molar-refractivity contribution < 1.29 is 105 Å². The lowest BCUT2D eigenvalue weighted by Crippen LogP contribution is -2.16. The quantitative estimate of drug-likeness (QED) is 0.0475. The SMILES string of the molecule is C.C1CO1.CC(C)COCCOCCOCCOCCOCCOCCOCCOCCOCC[O-].CC(C)C[O-].CCBr.CCOCCOCCOCCOCCOCCOCCOCCOCCOCCOCC(C)C. The molecule has 22 nitrogen and oxygen atoms in total. The minimum atomic E-state index is -0.218. The molecule has 0 spiro atoms. The standard InChI is InChI=1S/C24H50O10.C22H45O10.C4H9O.C2H5Br.C2H4O.CH4/c1-4-25-5-6-26-7-8-27-9-10-28-11-12-29-13-14-30-15-16-31-17-18-32-19-20-33-21-22-34-23-24(2)3;1-22(2)21-32-20-19-31-18-17-30-16-15-29-14-13-28-12-11-27-10-9-26-8-7-25-6-5-24-4-3-23;1-4(2)3-5;1-2-3;1-2-3-1;/h24H,4-23H2,1-3H3;22H,3-21H2,1-2H3;4H,3H2,1-2H3;2H2,1H3;1-2H2;1H4/q;2*-1;;;. The Hall–Kier alpha value is -0.400. The van der Waals surface area contributed by atoms with Crippen molar-refractivity contribution in [2.75, 3.05) is 283 Å². The van der Waals surface area contributed by atoms with E-state index >= 15 is 0 Å². The van der Waals surface area contributed by atoms with E-state index in [1.54, 1.807) is 0 Å². The fourth-order valence-corrected chi connectivity index (χ4v) is 4.48. The van der Waals surface area contributed by atoms with Gasteiger partial charge < -0.3 is 105 Å². The summed E-state index contributed by atoms with van der Waals surface area (Å²) in [5.41, 5.74) is 0. The van der Waals surface area contributed by atoms with E-state index in [-0.39, 0.29) is 27.2 Å². The van der Waals surface area contributed by atoms with Gasteiger partial charge in [0, 0.05) is 31.8 Å². The maximum atomic E-state index is 10.2. The summed E-state index contributed by atoms with van der Waals surface area (Å²) in [6, 6.07) is 0. The Balaban J connectivity index is -0.000000376. The highest BCUT2D eigenvalue weighted by molar-refractivity contribution is 9.09. The van der Waals surface area contributed by atoms with Crippen molar-refractivity contribution in [3.05, 3.63) is 0 Å². The third kappa shape index (κ3) is 107. The molecule has 1 heterocycles. The van der Waals surface area contributed by atoms with Crippen LogP contribution in [0.25, 0.3) is 0 Å². The molecule has 1 fully saturated rings. The second-order valence-corrected chi connectivity index (χ2v) is 18.2. The van der Waals surface area contributed by atoms with Gasteiger partial charge in [-0.15, -0.1) is 13.2 Å². The van der Waals surface area contributed by atoms with Gasteiger partial charge in [-0.05, 0) is 18.8 Å².